The predicted octanol–water partition coefficient (Wildman–Crippen LogP) is 3.54. The average molecular weight is 221 g/mol. The second kappa shape index (κ2) is 5.86. The van der Waals surface area contributed by atoms with Gasteiger partial charge in [0.05, 0.1) is 12.5 Å². The zero-order valence-electron chi connectivity index (χ0n) is 9.76. The van der Waals surface area contributed by atoms with E-state index in [-0.39, 0.29) is 0 Å². The van der Waals surface area contributed by atoms with Crippen LogP contribution < -0.4 is 0 Å². The van der Waals surface area contributed by atoms with Gasteiger partial charge >= 0.3 is 0 Å². The van der Waals surface area contributed by atoms with Crippen LogP contribution >= 0.6 is 0 Å². The van der Waals surface area contributed by atoms with Crippen LogP contribution in [0.2, 0.25) is 0 Å². The normalized spacial score (nSPS) is 9.82. The Morgan fingerprint density at radius 1 is 0.765 bits per heavy atom. The maximum Gasteiger partial charge on any atom is 0.0669 e. The average Bonchev–Trinajstić information content (AvgIpc) is 2.39. The molecule has 0 saturated carbocycles. The first-order chi connectivity index (χ1) is 8.40. The first-order valence-corrected chi connectivity index (χ1v) is 5.88. The van der Waals surface area contributed by atoms with Gasteiger partial charge in [-0.3, -0.25) is 0 Å². The van der Waals surface area contributed by atoms with E-state index in [2.05, 4.69) is 36.4 Å². The fraction of sp³-hybridized carbons (Fsp3) is 0.188. The van der Waals surface area contributed by atoms with Gasteiger partial charge in [0.25, 0.3) is 0 Å². The third-order valence-corrected chi connectivity index (χ3v) is 2.91. The highest BCUT2D eigenvalue weighted by molar-refractivity contribution is 5.30. The van der Waals surface area contributed by atoms with Crippen molar-refractivity contribution in [2.24, 2.45) is 0 Å². The molecule has 0 heterocycles. The highest BCUT2D eigenvalue weighted by Crippen LogP contribution is 2.13. The Bertz CT molecular complexity index is 509. The summed E-state index contributed by atoms with van der Waals surface area (Å²) in [4.78, 5) is 0. The van der Waals surface area contributed by atoms with E-state index in [1.807, 2.05) is 24.3 Å². The van der Waals surface area contributed by atoms with E-state index in [0.29, 0.717) is 6.42 Å². The van der Waals surface area contributed by atoms with Gasteiger partial charge in [-0.2, -0.15) is 5.26 Å². The number of aryl methyl sites for hydroxylation is 2. The van der Waals surface area contributed by atoms with E-state index in [4.69, 9.17) is 5.26 Å². The van der Waals surface area contributed by atoms with Gasteiger partial charge in [0.1, 0.15) is 0 Å². The summed E-state index contributed by atoms with van der Waals surface area (Å²) >= 11 is 0. The van der Waals surface area contributed by atoms with Gasteiger partial charge in [-0.15, -0.1) is 0 Å². The molecule has 1 heteroatoms. The van der Waals surface area contributed by atoms with Crippen molar-refractivity contribution < 1.29 is 0 Å². The summed E-state index contributed by atoms with van der Waals surface area (Å²) < 4.78 is 0. The second-order valence-corrected chi connectivity index (χ2v) is 4.09. The van der Waals surface area contributed by atoms with Crippen LogP contribution in [0.25, 0.3) is 0 Å². The Morgan fingerprint density at radius 3 is 2.12 bits per heavy atom. The largest absolute Gasteiger partial charge is 0.198 e. The molecule has 0 atom stereocenters. The van der Waals surface area contributed by atoms with Gasteiger partial charge in [-0.1, -0.05) is 54.6 Å². The molecule has 0 bridgehead atoms. The lowest BCUT2D eigenvalue weighted by Gasteiger charge is -2.06. The smallest absolute Gasteiger partial charge is 0.0669 e. The van der Waals surface area contributed by atoms with Crippen LogP contribution in [0.15, 0.2) is 54.6 Å². The van der Waals surface area contributed by atoms with Crippen LogP contribution in [-0.4, -0.2) is 0 Å². The summed E-state index contributed by atoms with van der Waals surface area (Å²) in [5.41, 5.74) is 3.79. The quantitative estimate of drug-likeness (QED) is 0.774. The number of hydrogen-bond donors (Lipinski definition) is 0. The molecule has 0 aliphatic carbocycles. The summed E-state index contributed by atoms with van der Waals surface area (Å²) in [5, 5.41) is 8.78. The van der Waals surface area contributed by atoms with Crippen LogP contribution in [0.3, 0.4) is 0 Å². The number of rotatable bonds is 4. The zero-order valence-corrected chi connectivity index (χ0v) is 9.76. The van der Waals surface area contributed by atoms with Crippen molar-refractivity contribution in [3.63, 3.8) is 0 Å². The molecule has 84 valence electrons. The third-order valence-electron chi connectivity index (χ3n) is 2.91. The van der Waals surface area contributed by atoms with Crippen molar-refractivity contribution in [2.45, 2.75) is 19.3 Å². The molecule has 0 radical (unpaired) electrons. The zero-order chi connectivity index (χ0) is 11.9. The van der Waals surface area contributed by atoms with Crippen LogP contribution in [0, 0.1) is 11.3 Å². The lowest BCUT2D eigenvalue weighted by molar-refractivity contribution is 0.942. The molecule has 17 heavy (non-hydrogen) atoms. The van der Waals surface area contributed by atoms with Crippen LogP contribution in [0.5, 0.6) is 0 Å². The highest BCUT2D eigenvalue weighted by atomic mass is 14.2. The van der Waals surface area contributed by atoms with Crippen molar-refractivity contribution in [1.29, 1.82) is 5.26 Å². The summed E-state index contributed by atoms with van der Waals surface area (Å²) in [6.07, 6.45) is 2.54. The molecular weight excluding hydrogens is 206 g/mol. The molecule has 1 nitrogen and oxygen atoms in total. The van der Waals surface area contributed by atoms with Crippen molar-refractivity contribution in [1.82, 2.24) is 0 Å². The van der Waals surface area contributed by atoms with E-state index in [1.54, 1.807) is 0 Å². The molecular formula is C16H15N. The van der Waals surface area contributed by atoms with E-state index in [0.717, 1.165) is 18.4 Å². The van der Waals surface area contributed by atoms with Crippen molar-refractivity contribution in [3.8, 4) is 6.07 Å². The molecule has 2 rings (SSSR count). The molecule has 0 fully saturated rings. The van der Waals surface area contributed by atoms with Gasteiger partial charge < -0.3 is 0 Å². The number of nitrogens with zero attached hydrogens (tertiary/aromatic N) is 1. The first-order valence-electron chi connectivity index (χ1n) is 5.88. The van der Waals surface area contributed by atoms with Gasteiger partial charge in [0, 0.05) is 0 Å². The molecule has 0 saturated heterocycles. The van der Waals surface area contributed by atoms with Gasteiger partial charge in [-0.25, -0.2) is 0 Å². The van der Waals surface area contributed by atoms with Crippen LogP contribution in [0.4, 0.5) is 0 Å². The number of nitriles is 1. The summed E-state index contributed by atoms with van der Waals surface area (Å²) in [6, 6.07) is 20.9. The molecule has 0 spiro atoms. The second-order valence-electron chi connectivity index (χ2n) is 4.09. The fourth-order valence-corrected chi connectivity index (χ4v) is 1.98. The van der Waals surface area contributed by atoms with Crippen molar-refractivity contribution in [2.75, 3.05) is 0 Å². The Morgan fingerprint density at radius 2 is 1.41 bits per heavy atom. The molecule has 0 aromatic heterocycles. The van der Waals surface area contributed by atoms with Gasteiger partial charge in [0.15, 0.2) is 0 Å². The van der Waals surface area contributed by atoms with Gasteiger partial charge in [-0.05, 0) is 29.5 Å². The maximum atomic E-state index is 8.78. The molecule has 0 N–H and O–H groups in total. The Hall–Kier alpha value is -2.07. The third kappa shape index (κ3) is 3.19. The summed E-state index contributed by atoms with van der Waals surface area (Å²) in [7, 11) is 0. The Balaban J connectivity index is 2.07. The SMILES string of the molecule is N#CCc1ccccc1CCc1ccccc1. The van der Waals surface area contributed by atoms with E-state index in [1.165, 1.54) is 11.1 Å². The minimum absolute atomic E-state index is 0.505. The topological polar surface area (TPSA) is 23.8 Å². The van der Waals surface area contributed by atoms with Crippen molar-refractivity contribution in [3.05, 3.63) is 71.3 Å². The summed E-state index contributed by atoms with van der Waals surface area (Å²) in [5.74, 6) is 0. The Labute approximate surface area is 102 Å². The number of hydrogen-bond acceptors (Lipinski definition) is 1. The molecule has 2 aromatic carbocycles. The first kappa shape index (κ1) is 11.4. The monoisotopic (exact) mass is 221 g/mol. The molecule has 0 aliphatic rings. The predicted molar refractivity (Wildman–Crippen MR) is 69.6 cm³/mol. The molecule has 2 aromatic rings. The van der Waals surface area contributed by atoms with Crippen molar-refractivity contribution >= 4 is 0 Å². The summed E-state index contributed by atoms with van der Waals surface area (Å²) in [6.45, 7) is 0. The fourth-order valence-electron chi connectivity index (χ4n) is 1.98. The minimum atomic E-state index is 0.505. The highest BCUT2D eigenvalue weighted by Gasteiger charge is 2.01. The molecule has 0 amide bonds. The lowest BCUT2D eigenvalue weighted by Crippen LogP contribution is -1.96. The van der Waals surface area contributed by atoms with E-state index >= 15 is 0 Å². The standard InChI is InChI=1S/C16H15N/c17-13-12-16-9-5-4-8-15(16)11-10-14-6-2-1-3-7-14/h1-9H,10-12H2. The Kier molecular flexibility index (Phi) is 3.94. The van der Waals surface area contributed by atoms with E-state index < -0.39 is 0 Å². The molecule has 0 unspecified atom stereocenters. The van der Waals surface area contributed by atoms with Gasteiger partial charge in [0.2, 0.25) is 0 Å². The number of benzene rings is 2. The maximum absolute atomic E-state index is 8.78. The lowest BCUT2D eigenvalue weighted by atomic mass is 9.98. The minimum Gasteiger partial charge on any atom is -0.198 e. The van der Waals surface area contributed by atoms with E-state index in [9.17, 15) is 0 Å². The van der Waals surface area contributed by atoms with Crippen LogP contribution in [0.1, 0.15) is 16.7 Å². The molecule has 0 aliphatic heterocycles. The van der Waals surface area contributed by atoms with Crippen LogP contribution in [-0.2, 0) is 19.3 Å².